The Hall–Kier alpha value is -1.27. The first kappa shape index (κ1) is 10.3. The fourth-order valence-corrected chi connectivity index (χ4v) is 2.10. The summed E-state index contributed by atoms with van der Waals surface area (Å²) in [4.78, 5) is 2.40. The van der Waals surface area contributed by atoms with Gasteiger partial charge in [0.05, 0.1) is 18.9 Å². The van der Waals surface area contributed by atoms with E-state index in [2.05, 4.69) is 11.0 Å². The normalized spacial score (nSPS) is 18.9. The van der Waals surface area contributed by atoms with E-state index in [-0.39, 0.29) is 0 Å². The van der Waals surface area contributed by atoms with Gasteiger partial charge in [-0.1, -0.05) is 0 Å². The lowest BCUT2D eigenvalue weighted by molar-refractivity contribution is 0.168. The Balaban J connectivity index is 1.77. The van der Waals surface area contributed by atoms with Crippen LogP contribution in [0, 0.1) is 17.2 Å². The maximum absolute atomic E-state index is 8.61. The molecule has 1 aromatic heterocycles. The van der Waals surface area contributed by atoms with Crippen LogP contribution in [0.3, 0.4) is 0 Å². The van der Waals surface area contributed by atoms with Gasteiger partial charge in [0.15, 0.2) is 0 Å². The number of rotatable bonds is 3. The lowest BCUT2D eigenvalue weighted by Crippen LogP contribution is -2.32. The van der Waals surface area contributed by atoms with Crippen molar-refractivity contribution in [2.24, 2.45) is 5.92 Å². The van der Waals surface area contributed by atoms with E-state index in [1.165, 1.54) is 0 Å². The van der Waals surface area contributed by atoms with Crippen molar-refractivity contribution < 1.29 is 4.42 Å². The highest BCUT2D eigenvalue weighted by Gasteiger charge is 2.19. The Labute approximate surface area is 90.3 Å². The molecule has 0 aromatic carbocycles. The predicted molar refractivity (Wildman–Crippen MR) is 56.9 cm³/mol. The van der Waals surface area contributed by atoms with Crippen LogP contribution in [0.15, 0.2) is 22.8 Å². The van der Waals surface area contributed by atoms with Crippen LogP contribution in [0.4, 0.5) is 0 Å². The third-order valence-corrected chi connectivity index (χ3v) is 3.05. The lowest BCUT2D eigenvalue weighted by Gasteiger charge is -2.30. The van der Waals surface area contributed by atoms with Crippen molar-refractivity contribution in [3.05, 3.63) is 24.2 Å². The minimum atomic E-state index is 0.614. The van der Waals surface area contributed by atoms with Crippen LogP contribution in [-0.4, -0.2) is 18.0 Å². The molecule has 0 N–H and O–H groups in total. The molecule has 2 heterocycles. The average Bonchev–Trinajstić information content (AvgIpc) is 2.74. The van der Waals surface area contributed by atoms with Crippen LogP contribution in [0.1, 0.15) is 25.0 Å². The second-order valence-corrected chi connectivity index (χ2v) is 4.16. The maximum atomic E-state index is 8.61. The van der Waals surface area contributed by atoms with E-state index < -0.39 is 0 Å². The number of furan rings is 1. The van der Waals surface area contributed by atoms with Crippen molar-refractivity contribution >= 4 is 0 Å². The van der Waals surface area contributed by atoms with E-state index in [9.17, 15) is 0 Å². The molecule has 0 amide bonds. The van der Waals surface area contributed by atoms with Crippen molar-refractivity contribution in [1.29, 1.82) is 5.26 Å². The maximum Gasteiger partial charge on any atom is 0.117 e. The molecular weight excluding hydrogens is 188 g/mol. The molecule has 3 nitrogen and oxygen atoms in total. The molecule has 1 aromatic rings. The molecule has 0 radical (unpaired) electrons. The SMILES string of the molecule is N#CCC1CCN(Cc2ccco2)CC1. The van der Waals surface area contributed by atoms with E-state index in [1.54, 1.807) is 6.26 Å². The quantitative estimate of drug-likeness (QED) is 0.759. The first-order valence-corrected chi connectivity index (χ1v) is 5.50. The van der Waals surface area contributed by atoms with Crippen LogP contribution >= 0.6 is 0 Å². The number of hydrogen-bond acceptors (Lipinski definition) is 3. The second-order valence-electron chi connectivity index (χ2n) is 4.16. The standard InChI is InChI=1S/C12H16N2O/c13-6-3-11-4-7-14(8-5-11)10-12-2-1-9-15-12/h1-2,9,11H,3-5,7-8,10H2. The molecule has 0 bridgehead atoms. The van der Waals surface area contributed by atoms with Gasteiger partial charge < -0.3 is 4.42 Å². The van der Waals surface area contributed by atoms with Gasteiger partial charge in [-0.05, 0) is 44.0 Å². The number of nitrogens with zero attached hydrogens (tertiary/aromatic N) is 2. The third kappa shape index (κ3) is 2.84. The van der Waals surface area contributed by atoms with Crippen molar-refractivity contribution in [2.75, 3.05) is 13.1 Å². The Bertz CT molecular complexity index is 318. The molecule has 0 unspecified atom stereocenters. The van der Waals surface area contributed by atoms with Crippen LogP contribution < -0.4 is 0 Å². The van der Waals surface area contributed by atoms with Crippen molar-refractivity contribution in [2.45, 2.75) is 25.8 Å². The summed E-state index contributed by atoms with van der Waals surface area (Å²) in [6, 6.07) is 6.20. The van der Waals surface area contributed by atoms with E-state index in [4.69, 9.17) is 9.68 Å². The summed E-state index contributed by atoms with van der Waals surface area (Å²) in [5, 5.41) is 8.61. The van der Waals surface area contributed by atoms with E-state index in [0.29, 0.717) is 12.3 Å². The fourth-order valence-electron chi connectivity index (χ4n) is 2.10. The summed E-state index contributed by atoms with van der Waals surface area (Å²) in [5.41, 5.74) is 0. The zero-order valence-corrected chi connectivity index (χ0v) is 8.85. The summed E-state index contributed by atoms with van der Waals surface area (Å²) in [6.07, 6.45) is 4.73. The minimum Gasteiger partial charge on any atom is -0.468 e. The molecule has 3 heteroatoms. The van der Waals surface area contributed by atoms with Gasteiger partial charge in [0.25, 0.3) is 0 Å². The van der Waals surface area contributed by atoms with Gasteiger partial charge in [0.2, 0.25) is 0 Å². The molecule has 0 aliphatic carbocycles. The van der Waals surface area contributed by atoms with Gasteiger partial charge in [-0.25, -0.2) is 0 Å². The summed E-state index contributed by atoms with van der Waals surface area (Å²) in [5.74, 6) is 1.65. The molecule has 80 valence electrons. The minimum absolute atomic E-state index is 0.614. The Morgan fingerprint density at radius 2 is 2.27 bits per heavy atom. The summed E-state index contributed by atoms with van der Waals surface area (Å²) in [6.45, 7) is 3.09. The highest BCUT2D eigenvalue weighted by atomic mass is 16.3. The Morgan fingerprint density at radius 3 is 2.87 bits per heavy atom. The van der Waals surface area contributed by atoms with Crippen molar-refractivity contribution in [3.63, 3.8) is 0 Å². The van der Waals surface area contributed by atoms with E-state index in [1.807, 2.05) is 12.1 Å². The number of nitriles is 1. The molecule has 1 saturated heterocycles. The third-order valence-electron chi connectivity index (χ3n) is 3.05. The molecule has 1 aliphatic rings. The average molecular weight is 204 g/mol. The van der Waals surface area contributed by atoms with Crippen LogP contribution in [0.2, 0.25) is 0 Å². The first-order valence-electron chi connectivity index (χ1n) is 5.50. The lowest BCUT2D eigenvalue weighted by atomic mass is 9.94. The van der Waals surface area contributed by atoms with E-state index >= 15 is 0 Å². The van der Waals surface area contributed by atoms with Crippen LogP contribution in [0.5, 0.6) is 0 Å². The zero-order chi connectivity index (χ0) is 10.5. The number of likely N-dealkylation sites (tertiary alicyclic amines) is 1. The highest BCUT2D eigenvalue weighted by Crippen LogP contribution is 2.21. The van der Waals surface area contributed by atoms with Crippen LogP contribution in [0.25, 0.3) is 0 Å². The van der Waals surface area contributed by atoms with Gasteiger partial charge in [-0.2, -0.15) is 5.26 Å². The monoisotopic (exact) mass is 204 g/mol. The summed E-state index contributed by atoms with van der Waals surface area (Å²) >= 11 is 0. The molecule has 0 spiro atoms. The second kappa shape index (κ2) is 4.99. The summed E-state index contributed by atoms with van der Waals surface area (Å²) in [7, 11) is 0. The van der Waals surface area contributed by atoms with Gasteiger partial charge in [0, 0.05) is 6.42 Å². The zero-order valence-electron chi connectivity index (χ0n) is 8.85. The number of piperidine rings is 1. The molecular formula is C12H16N2O. The Morgan fingerprint density at radius 1 is 1.47 bits per heavy atom. The largest absolute Gasteiger partial charge is 0.468 e. The van der Waals surface area contributed by atoms with Crippen molar-refractivity contribution in [3.8, 4) is 6.07 Å². The molecule has 0 saturated carbocycles. The highest BCUT2D eigenvalue weighted by molar-refractivity contribution is 4.98. The van der Waals surface area contributed by atoms with E-state index in [0.717, 1.165) is 38.2 Å². The predicted octanol–water partition coefficient (Wildman–Crippen LogP) is 2.41. The fraction of sp³-hybridized carbons (Fsp3) is 0.583. The van der Waals surface area contributed by atoms with Gasteiger partial charge in [0.1, 0.15) is 5.76 Å². The first-order chi connectivity index (χ1) is 7.38. The van der Waals surface area contributed by atoms with Gasteiger partial charge in [-0.3, -0.25) is 4.90 Å². The topological polar surface area (TPSA) is 40.2 Å². The van der Waals surface area contributed by atoms with Crippen LogP contribution in [-0.2, 0) is 6.54 Å². The van der Waals surface area contributed by atoms with Gasteiger partial charge >= 0.3 is 0 Å². The molecule has 2 rings (SSSR count). The Kier molecular flexibility index (Phi) is 3.41. The smallest absolute Gasteiger partial charge is 0.117 e. The number of hydrogen-bond donors (Lipinski definition) is 0. The van der Waals surface area contributed by atoms with Crippen molar-refractivity contribution in [1.82, 2.24) is 4.90 Å². The summed E-state index contributed by atoms with van der Waals surface area (Å²) < 4.78 is 5.32. The van der Waals surface area contributed by atoms with Gasteiger partial charge in [-0.15, -0.1) is 0 Å². The molecule has 15 heavy (non-hydrogen) atoms. The molecule has 1 fully saturated rings. The molecule has 0 atom stereocenters. The molecule has 1 aliphatic heterocycles.